The molecule has 0 bridgehead atoms. The zero-order chi connectivity index (χ0) is 31.2. The summed E-state index contributed by atoms with van der Waals surface area (Å²) in [5.41, 5.74) is 1.33. The van der Waals surface area contributed by atoms with Crippen molar-refractivity contribution in [3.63, 3.8) is 0 Å². The maximum atomic E-state index is 13.4. The fourth-order valence-corrected chi connectivity index (χ4v) is 5.99. The number of carbonyl (C=O) groups is 3. The minimum absolute atomic E-state index is 0.0513. The van der Waals surface area contributed by atoms with Gasteiger partial charge in [-0.25, -0.2) is 9.59 Å². The van der Waals surface area contributed by atoms with Gasteiger partial charge in [0.1, 0.15) is 30.0 Å². The van der Waals surface area contributed by atoms with Crippen LogP contribution in [0.15, 0.2) is 60.8 Å². The normalized spacial score (nSPS) is 21.7. The van der Waals surface area contributed by atoms with Crippen LogP contribution in [-0.2, 0) is 41.6 Å². The number of unbranched alkanes of at least 4 members (excludes halogenated alkanes) is 1. The number of aromatic nitrogens is 1. The molecule has 3 unspecified atom stereocenters. The standard InChI is InChI=1S/C35H40N2O7/c1-4-5-7-16-31(38)44-34(2,3)26-17-18-35(23-42-35)30(20-26)43-33(40)37-29(32(39)41-22-24-12-8-6-9-13-24)19-25-21-36-28-15-11-10-14-27(25)28/h1,6,8-15,21,26,29-30,36H,5,7,16-20,22-23H2,2-3H3,(H,37,40)/t26?,29-,30?,35?/m0/s1. The first-order valence-electron chi connectivity index (χ1n) is 15.2. The van der Waals surface area contributed by atoms with Crippen molar-refractivity contribution in [2.75, 3.05) is 6.61 Å². The minimum atomic E-state index is -0.985. The van der Waals surface area contributed by atoms with Crippen LogP contribution in [0.1, 0.15) is 63.5 Å². The van der Waals surface area contributed by atoms with Crippen molar-refractivity contribution in [2.24, 2.45) is 5.92 Å². The van der Waals surface area contributed by atoms with Crippen LogP contribution >= 0.6 is 0 Å². The van der Waals surface area contributed by atoms with Gasteiger partial charge in [0, 0.05) is 42.3 Å². The fraction of sp³-hybridized carbons (Fsp3) is 0.457. The summed E-state index contributed by atoms with van der Waals surface area (Å²) in [7, 11) is 0. The molecule has 9 nitrogen and oxygen atoms in total. The van der Waals surface area contributed by atoms with Gasteiger partial charge >= 0.3 is 18.0 Å². The predicted molar refractivity (Wildman–Crippen MR) is 164 cm³/mol. The lowest BCUT2D eigenvalue weighted by atomic mass is 9.73. The van der Waals surface area contributed by atoms with E-state index < -0.39 is 35.4 Å². The monoisotopic (exact) mass is 600 g/mol. The number of para-hydroxylation sites is 1. The maximum Gasteiger partial charge on any atom is 0.408 e. The number of amides is 1. The molecule has 3 aromatic rings. The summed E-state index contributed by atoms with van der Waals surface area (Å²) in [6.45, 7) is 4.35. The lowest BCUT2D eigenvalue weighted by molar-refractivity contribution is -0.166. The number of hydrogen-bond donors (Lipinski definition) is 2. The van der Waals surface area contributed by atoms with Crippen molar-refractivity contribution in [3.05, 3.63) is 71.9 Å². The topological polar surface area (TPSA) is 119 Å². The second kappa shape index (κ2) is 13.6. The van der Waals surface area contributed by atoms with E-state index in [1.807, 2.05) is 74.6 Å². The molecule has 5 rings (SSSR count). The Balaban J connectivity index is 1.25. The van der Waals surface area contributed by atoms with Gasteiger partial charge in [-0.1, -0.05) is 48.5 Å². The van der Waals surface area contributed by atoms with E-state index in [0.717, 1.165) is 28.5 Å². The molecule has 2 heterocycles. The first kappa shape index (κ1) is 31.1. The number of nitrogens with one attached hydrogen (secondary N) is 2. The number of hydrogen-bond acceptors (Lipinski definition) is 7. The second-order valence-corrected chi connectivity index (χ2v) is 12.2. The Morgan fingerprint density at radius 2 is 1.91 bits per heavy atom. The van der Waals surface area contributed by atoms with Crippen LogP contribution in [0.5, 0.6) is 0 Å². The molecule has 232 valence electrons. The third-order valence-electron chi connectivity index (χ3n) is 8.73. The van der Waals surface area contributed by atoms with Gasteiger partial charge in [0.05, 0.1) is 6.61 Å². The number of H-pyrrole nitrogens is 1. The van der Waals surface area contributed by atoms with Crippen molar-refractivity contribution in [1.29, 1.82) is 0 Å². The number of carbonyl (C=O) groups excluding carboxylic acids is 3. The molecule has 1 aliphatic heterocycles. The highest BCUT2D eigenvalue weighted by atomic mass is 16.6. The van der Waals surface area contributed by atoms with Crippen LogP contribution in [0.25, 0.3) is 10.9 Å². The Kier molecular flexibility index (Phi) is 9.60. The molecule has 1 saturated heterocycles. The fourth-order valence-electron chi connectivity index (χ4n) is 5.99. The number of ether oxygens (including phenoxy) is 4. The lowest BCUT2D eigenvalue weighted by Gasteiger charge is -2.41. The average molecular weight is 601 g/mol. The predicted octanol–water partition coefficient (Wildman–Crippen LogP) is 5.61. The highest BCUT2D eigenvalue weighted by molar-refractivity contribution is 5.86. The SMILES string of the molecule is C#CCCCC(=O)OC(C)(C)C1CCC2(CO2)C(OC(=O)N[C@@H](Cc2c[nH]c3ccccc23)C(=O)OCc2ccccc2)C1. The zero-order valence-electron chi connectivity index (χ0n) is 25.3. The van der Waals surface area contributed by atoms with Crippen molar-refractivity contribution in [2.45, 2.75) is 88.7 Å². The third kappa shape index (κ3) is 7.61. The number of alkyl carbamates (subject to hydrolysis) is 1. The summed E-state index contributed by atoms with van der Waals surface area (Å²) in [6.07, 6.45) is 9.31. The minimum Gasteiger partial charge on any atom is -0.459 e. The smallest absolute Gasteiger partial charge is 0.408 e. The summed E-state index contributed by atoms with van der Waals surface area (Å²) in [4.78, 5) is 42.4. The number of aromatic amines is 1. The molecule has 2 N–H and O–H groups in total. The molecule has 1 aromatic heterocycles. The van der Waals surface area contributed by atoms with E-state index in [4.69, 9.17) is 25.4 Å². The zero-order valence-corrected chi connectivity index (χ0v) is 25.3. The largest absolute Gasteiger partial charge is 0.459 e. The average Bonchev–Trinajstić information content (AvgIpc) is 3.67. The molecule has 1 saturated carbocycles. The Labute approximate surface area is 258 Å². The van der Waals surface area contributed by atoms with Crippen LogP contribution in [0.3, 0.4) is 0 Å². The van der Waals surface area contributed by atoms with Gasteiger partial charge in [-0.15, -0.1) is 12.3 Å². The summed E-state index contributed by atoms with van der Waals surface area (Å²) < 4.78 is 23.3. The Morgan fingerprint density at radius 1 is 1.16 bits per heavy atom. The van der Waals surface area contributed by atoms with Gasteiger partial charge in [0.25, 0.3) is 0 Å². The van der Waals surface area contributed by atoms with Crippen molar-refractivity contribution in [1.82, 2.24) is 10.3 Å². The van der Waals surface area contributed by atoms with E-state index in [9.17, 15) is 14.4 Å². The Hall–Kier alpha value is -4.29. The molecule has 1 amide bonds. The van der Waals surface area contributed by atoms with Gasteiger partial charge in [-0.3, -0.25) is 4.79 Å². The Bertz CT molecular complexity index is 1500. The van der Waals surface area contributed by atoms with Crippen molar-refractivity contribution in [3.8, 4) is 12.3 Å². The van der Waals surface area contributed by atoms with E-state index in [0.29, 0.717) is 32.3 Å². The van der Waals surface area contributed by atoms with Gasteiger partial charge in [-0.2, -0.15) is 0 Å². The molecular formula is C35H40N2O7. The molecule has 44 heavy (non-hydrogen) atoms. The van der Waals surface area contributed by atoms with Crippen LogP contribution in [0, 0.1) is 18.3 Å². The summed E-state index contributed by atoms with van der Waals surface area (Å²) >= 11 is 0. The molecule has 2 aliphatic rings. The quantitative estimate of drug-likeness (QED) is 0.0912. The van der Waals surface area contributed by atoms with E-state index in [-0.39, 0.29) is 31.3 Å². The van der Waals surface area contributed by atoms with Gasteiger partial charge in [0.15, 0.2) is 0 Å². The number of esters is 2. The second-order valence-electron chi connectivity index (χ2n) is 12.2. The number of epoxide rings is 1. The Morgan fingerprint density at radius 3 is 2.66 bits per heavy atom. The lowest BCUT2D eigenvalue weighted by Crippen LogP contribution is -2.50. The number of rotatable bonds is 12. The third-order valence-corrected chi connectivity index (χ3v) is 8.73. The summed E-state index contributed by atoms with van der Waals surface area (Å²) in [6, 6.07) is 16.2. The van der Waals surface area contributed by atoms with E-state index in [1.165, 1.54) is 0 Å². The molecule has 4 atom stereocenters. The maximum absolute atomic E-state index is 13.4. The number of fused-ring (bicyclic) bond motifs is 1. The molecule has 1 spiro atoms. The first-order valence-corrected chi connectivity index (χ1v) is 15.2. The van der Waals surface area contributed by atoms with E-state index in [2.05, 4.69) is 16.2 Å². The summed E-state index contributed by atoms with van der Waals surface area (Å²) in [5.74, 6) is 1.63. The van der Waals surface area contributed by atoms with Crippen molar-refractivity contribution < 1.29 is 33.3 Å². The van der Waals surface area contributed by atoms with Crippen LogP contribution in [0.2, 0.25) is 0 Å². The highest BCUT2D eigenvalue weighted by Crippen LogP contribution is 2.48. The molecule has 2 aromatic carbocycles. The molecule has 1 aliphatic carbocycles. The molecule has 9 heteroatoms. The molecular weight excluding hydrogens is 560 g/mol. The van der Waals surface area contributed by atoms with Gasteiger partial charge < -0.3 is 29.2 Å². The van der Waals surface area contributed by atoms with E-state index in [1.54, 1.807) is 0 Å². The van der Waals surface area contributed by atoms with Crippen LogP contribution in [0.4, 0.5) is 4.79 Å². The number of benzene rings is 2. The molecule has 2 fully saturated rings. The van der Waals surface area contributed by atoms with Crippen molar-refractivity contribution >= 4 is 28.9 Å². The van der Waals surface area contributed by atoms with Crippen LogP contribution < -0.4 is 5.32 Å². The van der Waals surface area contributed by atoms with E-state index >= 15 is 0 Å². The van der Waals surface area contributed by atoms with Gasteiger partial charge in [-0.05, 0) is 56.7 Å². The number of terminal acetylenes is 1. The summed E-state index contributed by atoms with van der Waals surface area (Å²) in [5, 5.41) is 3.74. The molecule has 0 radical (unpaired) electrons. The van der Waals surface area contributed by atoms with Crippen LogP contribution in [-0.4, -0.2) is 53.0 Å². The first-order chi connectivity index (χ1) is 21.2. The highest BCUT2D eigenvalue weighted by Gasteiger charge is 2.58. The van der Waals surface area contributed by atoms with Gasteiger partial charge in [0.2, 0.25) is 0 Å².